The molecule has 0 saturated carbocycles. The highest BCUT2D eigenvalue weighted by Gasteiger charge is 2.13. The molecule has 1 saturated heterocycles. The van der Waals surface area contributed by atoms with E-state index in [0.29, 0.717) is 6.61 Å². The number of rotatable bonds is 6. The molecule has 0 spiro atoms. The molecule has 5 heteroatoms. The van der Waals surface area contributed by atoms with Gasteiger partial charge in [-0.25, -0.2) is 4.98 Å². The number of benzene rings is 2. The van der Waals surface area contributed by atoms with E-state index in [1.807, 2.05) is 54.7 Å². The van der Waals surface area contributed by atoms with Crippen molar-refractivity contribution in [3.63, 3.8) is 0 Å². The molecule has 27 heavy (non-hydrogen) atoms. The number of hydrogen-bond donors (Lipinski definition) is 1. The maximum atomic E-state index is 5.84. The van der Waals surface area contributed by atoms with Crippen molar-refractivity contribution in [1.82, 2.24) is 9.97 Å². The smallest absolute Gasteiger partial charge is 0.227 e. The van der Waals surface area contributed by atoms with Crippen LogP contribution in [-0.4, -0.2) is 23.1 Å². The van der Waals surface area contributed by atoms with Crippen molar-refractivity contribution >= 4 is 17.5 Å². The number of aromatic nitrogens is 2. The second kappa shape index (κ2) is 8.54. The molecular weight excluding hydrogens is 336 g/mol. The van der Waals surface area contributed by atoms with Crippen LogP contribution in [0.25, 0.3) is 0 Å². The number of ether oxygens (including phenoxy) is 1. The Morgan fingerprint density at radius 3 is 2.44 bits per heavy atom. The summed E-state index contributed by atoms with van der Waals surface area (Å²) in [5.74, 6) is 2.46. The summed E-state index contributed by atoms with van der Waals surface area (Å²) in [5, 5.41) is 3.35. The Hall–Kier alpha value is -3.08. The van der Waals surface area contributed by atoms with Gasteiger partial charge in [0.25, 0.3) is 0 Å². The highest BCUT2D eigenvalue weighted by atomic mass is 16.5. The zero-order valence-corrected chi connectivity index (χ0v) is 15.3. The molecule has 2 aromatic carbocycles. The minimum absolute atomic E-state index is 0.568. The van der Waals surface area contributed by atoms with Crippen molar-refractivity contribution in [3.05, 3.63) is 72.4 Å². The molecule has 2 heterocycles. The quantitative estimate of drug-likeness (QED) is 0.685. The normalized spacial score (nSPS) is 14.0. The summed E-state index contributed by atoms with van der Waals surface area (Å²) in [7, 11) is 0. The number of hydrogen-bond acceptors (Lipinski definition) is 5. The maximum Gasteiger partial charge on any atom is 0.227 e. The van der Waals surface area contributed by atoms with Crippen molar-refractivity contribution in [2.24, 2.45) is 0 Å². The number of piperidine rings is 1. The molecule has 1 N–H and O–H groups in total. The largest absolute Gasteiger partial charge is 0.489 e. The Bertz CT molecular complexity index is 846. The van der Waals surface area contributed by atoms with E-state index >= 15 is 0 Å². The van der Waals surface area contributed by atoms with Gasteiger partial charge in [-0.15, -0.1) is 0 Å². The van der Waals surface area contributed by atoms with Gasteiger partial charge in [-0.2, -0.15) is 4.98 Å². The second-order valence-electron chi connectivity index (χ2n) is 6.71. The average molecular weight is 360 g/mol. The summed E-state index contributed by atoms with van der Waals surface area (Å²) in [6, 6.07) is 20.0. The zero-order valence-electron chi connectivity index (χ0n) is 15.3. The molecule has 1 fully saturated rings. The third kappa shape index (κ3) is 4.76. The number of nitrogens with zero attached hydrogens (tertiary/aromatic N) is 3. The van der Waals surface area contributed by atoms with Gasteiger partial charge in [-0.3, -0.25) is 0 Å². The minimum Gasteiger partial charge on any atom is -0.489 e. The van der Waals surface area contributed by atoms with Crippen molar-refractivity contribution in [2.45, 2.75) is 25.9 Å². The summed E-state index contributed by atoms with van der Waals surface area (Å²) < 4.78 is 5.84. The molecule has 0 radical (unpaired) electrons. The monoisotopic (exact) mass is 360 g/mol. The Balaban J connectivity index is 1.37. The van der Waals surface area contributed by atoms with E-state index in [4.69, 9.17) is 4.74 Å². The summed E-state index contributed by atoms with van der Waals surface area (Å²) in [5.41, 5.74) is 2.14. The molecular formula is C22H24N4O. The Morgan fingerprint density at radius 1 is 0.889 bits per heavy atom. The van der Waals surface area contributed by atoms with Crippen molar-refractivity contribution < 1.29 is 4.74 Å². The SMILES string of the molecule is c1ccc(COc2ccc(Nc3ccnc(N4CCCCC4)n3)cc2)cc1. The van der Waals surface area contributed by atoms with Gasteiger partial charge in [0.05, 0.1) is 0 Å². The molecule has 3 aromatic rings. The highest BCUT2D eigenvalue weighted by Crippen LogP contribution is 2.22. The van der Waals surface area contributed by atoms with Crippen molar-refractivity contribution in [1.29, 1.82) is 0 Å². The van der Waals surface area contributed by atoms with Crippen LogP contribution in [0, 0.1) is 0 Å². The molecule has 1 aliphatic heterocycles. The van der Waals surface area contributed by atoms with Gasteiger partial charge < -0.3 is 15.0 Å². The summed E-state index contributed by atoms with van der Waals surface area (Å²) in [6.45, 7) is 2.65. The van der Waals surface area contributed by atoms with Crippen LogP contribution < -0.4 is 15.0 Å². The van der Waals surface area contributed by atoms with Crippen LogP contribution in [0.5, 0.6) is 5.75 Å². The van der Waals surface area contributed by atoms with Crippen molar-refractivity contribution in [2.75, 3.05) is 23.3 Å². The fraction of sp³-hybridized carbons (Fsp3) is 0.273. The lowest BCUT2D eigenvalue weighted by molar-refractivity contribution is 0.306. The molecule has 1 aliphatic rings. The first-order chi connectivity index (χ1) is 13.4. The van der Waals surface area contributed by atoms with Crippen LogP contribution in [-0.2, 0) is 6.61 Å². The van der Waals surface area contributed by atoms with Crippen LogP contribution in [0.15, 0.2) is 66.9 Å². The molecule has 0 bridgehead atoms. The minimum atomic E-state index is 0.568. The standard InChI is InChI=1S/C22H24N4O/c1-3-7-18(8-4-1)17-27-20-11-9-19(10-12-20)24-21-13-14-23-22(25-21)26-15-5-2-6-16-26/h1,3-4,7-14H,2,5-6,15-17H2,(H,23,24,25). The Kier molecular flexibility index (Phi) is 5.48. The van der Waals surface area contributed by atoms with Crippen LogP contribution in [0.4, 0.5) is 17.5 Å². The van der Waals surface area contributed by atoms with Gasteiger partial charge in [0, 0.05) is 25.0 Å². The molecule has 0 atom stereocenters. The van der Waals surface area contributed by atoms with Gasteiger partial charge in [0.1, 0.15) is 18.2 Å². The van der Waals surface area contributed by atoms with Crippen LogP contribution >= 0.6 is 0 Å². The van der Waals surface area contributed by atoms with E-state index in [1.165, 1.54) is 19.3 Å². The first-order valence-corrected chi connectivity index (χ1v) is 9.49. The molecule has 0 amide bonds. The summed E-state index contributed by atoms with van der Waals surface area (Å²) in [4.78, 5) is 11.3. The first-order valence-electron chi connectivity index (χ1n) is 9.49. The highest BCUT2D eigenvalue weighted by molar-refractivity contribution is 5.58. The topological polar surface area (TPSA) is 50.3 Å². The predicted molar refractivity (Wildman–Crippen MR) is 109 cm³/mol. The van der Waals surface area contributed by atoms with E-state index in [0.717, 1.165) is 41.9 Å². The lowest BCUT2D eigenvalue weighted by atomic mass is 10.1. The first kappa shape index (κ1) is 17.3. The van der Waals surface area contributed by atoms with E-state index < -0.39 is 0 Å². The third-order valence-corrected chi connectivity index (χ3v) is 4.66. The molecule has 0 aliphatic carbocycles. The van der Waals surface area contributed by atoms with Gasteiger partial charge in [-0.05, 0) is 55.2 Å². The average Bonchev–Trinajstić information content (AvgIpc) is 2.75. The fourth-order valence-corrected chi connectivity index (χ4v) is 3.19. The molecule has 0 unspecified atom stereocenters. The fourth-order valence-electron chi connectivity index (χ4n) is 3.19. The summed E-state index contributed by atoms with van der Waals surface area (Å²) in [6.07, 6.45) is 5.54. The molecule has 4 rings (SSSR count). The van der Waals surface area contributed by atoms with E-state index in [2.05, 4.69) is 32.3 Å². The zero-order chi connectivity index (χ0) is 18.3. The van der Waals surface area contributed by atoms with Crippen LogP contribution in [0.3, 0.4) is 0 Å². The molecule has 1 aromatic heterocycles. The van der Waals surface area contributed by atoms with E-state index in [1.54, 1.807) is 0 Å². The van der Waals surface area contributed by atoms with Gasteiger partial charge >= 0.3 is 0 Å². The maximum absolute atomic E-state index is 5.84. The van der Waals surface area contributed by atoms with Gasteiger partial charge in [0.2, 0.25) is 5.95 Å². The number of anilines is 3. The van der Waals surface area contributed by atoms with E-state index in [9.17, 15) is 0 Å². The molecule has 5 nitrogen and oxygen atoms in total. The van der Waals surface area contributed by atoms with Crippen LogP contribution in [0.1, 0.15) is 24.8 Å². The number of nitrogens with one attached hydrogen (secondary N) is 1. The van der Waals surface area contributed by atoms with Crippen molar-refractivity contribution in [3.8, 4) is 5.75 Å². The van der Waals surface area contributed by atoms with Gasteiger partial charge in [0.15, 0.2) is 0 Å². The second-order valence-corrected chi connectivity index (χ2v) is 6.71. The van der Waals surface area contributed by atoms with Crippen LogP contribution in [0.2, 0.25) is 0 Å². The predicted octanol–water partition coefficient (Wildman–Crippen LogP) is 4.79. The third-order valence-electron chi connectivity index (χ3n) is 4.66. The van der Waals surface area contributed by atoms with E-state index in [-0.39, 0.29) is 0 Å². The lowest BCUT2D eigenvalue weighted by Gasteiger charge is -2.26. The van der Waals surface area contributed by atoms with Gasteiger partial charge in [-0.1, -0.05) is 30.3 Å². The Labute approximate surface area is 160 Å². The summed E-state index contributed by atoms with van der Waals surface area (Å²) >= 11 is 0. The lowest BCUT2D eigenvalue weighted by Crippen LogP contribution is -2.31. The molecule has 138 valence electrons. The Morgan fingerprint density at radius 2 is 1.67 bits per heavy atom.